The number of aryl methyl sites for hydroxylation is 1. The number of hydrogen-bond donors (Lipinski definition) is 0. The molecule has 2 aromatic carbocycles. The summed E-state index contributed by atoms with van der Waals surface area (Å²) in [7, 11) is 0. The van der Waals surface area contributed by atoms with E-state index in [0.29, 0.717) is 11.7 Å². The van der Waals surface area contributed by atoms with Crippen LogP contribution in [0.15, 0.2) is 60.8 Å². The molecule has 0 N–H and O–H groups in total. The minimum Gasteiger partial charge on any atom is -0.336 e. The fraction of sp³-hybridized carbons (Fsp3) is 0.360. The first-order chi connectivity index (χ1) is 14.3. The van der Waals surface area contributed by atoms with Gasteiger partial charge in [0.2, 0.25) is 0 Å². The quantitative estimate of drug-likeness (QED) is 0.670. The highest BCUT2D eigenvalue weighted by molar-refractivity contribution is 6.05. The van der Waals surface area contributed by atoms with Gasteiger partial charge in [0.15, 0.2) is 0 Å². The van der Waals surface area contributed by atoms with Crippen molar-refractivity contribution in [1.82, 2.24) is 14.8 Å². The first kappa shape index (κ1) is 18.3. The van der Waals surface area contributed by atoms with Gasteiger partial charge in [-0.2, -0.15) is 0 Å². The molecule has 0 spiro atoms. The summed E-state index contributed by atoms with van der Waals surface area (Å²) in [4.78, 5) is 22.3. The molecule has 1 unspecified atom stereocenters. The second-order valence-electron chi connectivity index (χ2n) is 8.23. The molecule has 1 aliphatic carbocycles. The van der Waals surface area contributed by atoms with Crippen molar-refractivity contribution in [2.75, 3.05) is 26.2 Å². The van der Waals surface area contributed by atoms with Crippen LogP contribution in [0.3, 0.4) is 0 Å². The van der Waals surface area contributed by atoms with E-state index in [1.807, 2.05) is 35.2 Å². The van der Waals surface area contributed by atoms with Gasteiger partial charge in [0.25, 0.3) is 5.91 Å². The average molecular weight is 386 g/mol. The van der Waals surface area contributed by atoms with Crippen LogP contribution in [0.2, 0.25) is 0 Å². The Labute approximate surface area is 172 Å². The van der Waals surface area contributed by atoms with Crippen LogP contribution in [0.25, 0.3) is 10.8 Å². The van der Waals surface area contributed by atoms with E-state index in [1.165, 1.54) is 24.0 Å². The summed E-state index contributed by atoms with van der Waals surface area (Å²) in [5.41, 5.74) is 3.60. The molecule has 29 heavy (non-hydrogen) atoms. The molecule has 5 rings (SSSR count). The average Bonchev–Trinajstić information content (AvgIpc) is 3.04. The van der Waals surface area contributed by atoms with Crippen LogP contribution in [0.1, 0.15) is 34.5 Å². The fourth-order valence-corrected chi connectivity index (χ4v) is 4.94. The van der Waals surface area contributed by atoms with E-state index in [2.05, 4.69) is 34.1 Å². The van der Waals surface area contributed by atoms with Crippen LogP contribution < -0.4 is 0 Å². The highest BCUT2D eigenvalue weighted by Gasteiger charge is 2.28. The smallest absolute Gasteiger partial charge is 0.273 e. The number of carbonyl (C=O) groups excluding carboxylic acids is 1. The third-order valence-corrected chi connectivity index (χ3v) is 6.53. The summed E-state index contributed by atoms with van der Waals surface area (Å²) in [6.07, 6.45) is 6.29. The molecule has 0 radical (unpaired) electrons. The molecule has 2 heterocycles. The number of carbonyl (C=O) groups is 1. The molecule has 1 aliphatic heterocycles. The Morgan fingerprint density at radius 1 is 0.897 bits per heavy atom. The first-order valence-electron chi connectivity index (χ1n) is 10.7. The molecule has 1 aromatic heterocycles. The summed E-state index contributed by atoms with van der Waals surface area (Å²) in [5, 5.41) is 2.02. The Balaban J connectivity index is 1.29. The summed E-state index contributed by atoms with van der Waals surface area (Å²) >= 11 is 0. The number of nitrogens with zero attached hydrogens (tertiary/aromatic N) is 3. The maximum absolute atomic E-state index is 13.3. The highest BCUT2D eigenvalue weighted by atomic mass is 16.2. The van der Waals surface area contributed by atoms with Crippen LogP contribution in [-0.2, 0) is 12.8 Å². The molecule has 4 heteroatoms. The van der Waals surface area contributed by atoms with Gasteiger partial charge >= 0.3 is 0 Å². The maximum Gasteiger partial charge on any atom is 0.273 e. The molecular formula is C25H27N3O. The predicted octanol–water partition coefficient (Wildman–Crippen LogP) is 3.94. The number of fused-ring (bicyclic) bond motifs is 2. The molecule has 1 amide bonds. The first-order valence-corrected chi connectivity index (χ1v) is 10.7. The van der Waals surface area contributed by atoms with Crippen LogP contribution >= 0.6 is 0 Å². The molecule has 3 aromatic rings. The van der Waals surface area contributed by atoms with Gasteiger partial charge in [-0.1, -0.05) is 48.5 Å². The van der Waals surface area contributed by atoms with Crippen molar-refractivity contribution in [3.8, 4) is 0 Å². The van der Waals surface area contributed by atoms with Crippen LogP contribution in [0, 0.1) is 0 Å². The number of pyridine rings is 1. The van der Waals surface area contributed by atoms with Gasteiger partial charge in [0.1, 0.15) is 5.69 Å². The second kappa shape index (κ2) is 7.96. The minimum absolute atomic E-state index is 0.0673. The summed E-state index contributed by atoms with van der Waals surface area (Å²) in [6.45, 7) is 3.61. The van der Waals surface area contributed by atoms with Gasteiger partial charge in [-0.25, -0.2) is 0 Å². The molecule has 1 atom stereocenters. The normalized spacial score (nSPS) is 20.3. The molecular weight excluding hydrogens is 358 g/mol. The van der Waals surface area contributed by atoms with E-state index in [-0.39, 0.29) is 5.91 Å². The molecule has 4 nitrogen and oxygen atoms in total. The standard InChI is InChI=1S/C25H27N3O/c29-25(24-23-9-4-3-7-20(23)12-13-26-24)28-15-5-14-27(16-17-28)22-11-10-19-6-1-2-8-21(19)18-22/h1-4,6-9,12-13,22H,5,10-11,14-18H2. The Kier molecular flexibility index (Phi) is 5.03. The van der Waals surface area contributed by atoms with Crippen LogP contribution in [0.5, 0.6) is 0 Å². The van der Waals surface area contributed by atoms with Crippen molar-refractivity contribution in [2.24, 2.45) is 0 Å². The molecule has 1 saturated heterocycles. The summed E-state index contributed by atoms with van der Waals surface area (Å²) in [5.74, 6) is 0.0673. The SMILES string of the molecule is O=C(c1nccc2ccccc12)N1CCCN(C2CCc3ccccc3C2)CC1. The summed E-state index contributed by atoms with van der Waals surface area (Å²) < 4.78 is 0. The monoisotopic (exact) mass is 385 g/mol. The number of hydrogen-bond acceptors (Lipinski definition) is 3. The lowest BCUT2D eigenvalue weighted by molar-refractivity contribution is 0.0753. The zero-order valence-corrected chi connectivity index (χ0v) is 16.8. The van der Waals surface area contributed by atoms with Crippen molar-refractivity contribution >= 4 is 16.7 Å². The molecule has 2 aliphatic rings. The number of rotatable bonds is 2. The third kappa shape index (κ3) is 3.65. The van der Waals surface area contributed by atoms with E-state index < -0.39 is 0 Å². The van der Waals surface area contributed by atoms with E-state index in [0.717, 1.165) is 49.8 Å². The molecule has 148 valence electrons. The Bertz CT molecular complexity index is 1030. The van der Waals surface area contributed by atoms with Gasteiger partial charge in [-0.15, -0.1) is 0 Å². The van der Waals surface area contributed by atoms with E-state index in [9.17, 15) is 4.79 Å². The van der Waals surface area contributed by atoms with Gasteiger partial charge < -0.3 is 4.90 Å². The van der Waals surface area contributed by atoms with Gasteiger partial charge in [-0.3, -0.25) is 14.7 Å². The van der Waals surface area contributed by atoms with Crippen molar-refractivity contribution in [2.45, 2.75) is 31.7 Å². The van der Waals surface area contributed by atoms with Gasteiger partial charge in [-0.05, 0) is 48.3 Å². The highest BCUT2D eigenvalue weighted by Crippen LogP contribution is 2.26. The van der Waals surface area contributed by atoms with E-state index >= 15 is 0 Å². The lowest BCUT2D eigenvalue weighted by Gasteiger charge is -2.34. The van der Waals surface area contributed by atoms with Gasteiger partial charge in [0, 0.05) is 43.8 Å². The topological polar surface area (TPSA) is 36.4 Å². The number of aromatic nitrogens is 1. The number of benzene rings is 2. The van der Waals surface area contributed by atoms with E-state index in [4.69, 9.17) is 0 Å². The largest absolute Gasteiger partial charge is 0.336 e. The Morgan fingerprint density at radius 2 is 1.72 bits per heavy atom. The van der Waals surface area contributed by atoms with Crippen LogP contribution in [-0.4, -0.2) is 52.9 Å². The zero-order valence-electron chi connectivity index (χ0n) is 16.8. The van der Waals surface area contributed by atoms with Crippen molar-refractivity contribution in [1.29, 1.82) is 0 Å². The van der Waals surface area contributed by atoms with Crippen molar-refractivity contribution < 1.29 is 4.79 Å². The Morgan fingerprint density at radius 3 is 2.66 bits per heavy atom. The van der Waals surface area contributed by atoms with Crippen molar-refractivity contribution in [3.05, 3.63) is 77.6 Å². The summed E-state index contributed by atoms with van der Waals surface area (Å²) in [6, 6.07) is 19.4. The zero-order chi connectivity index (χ0) is 19.6. The fourth-order valence-electron chi connectivity index (χ4n) is 4.94. The predicted molar refractivity (Wildman–Crippen MR) is 116 cm³/mol. The van der Waals surface area contributed by atoms with E-state index in [1.54, 1.807) is 6.20 Å². The minimum atomic E-state index is 0.0673. The lowest BCUT2D eigenvalue weighted by Crippen LogP contribution is -2.42. The van der Waals surface area contributed by atoms with Crippen LogP contribution in [0.4, 0.5) is 0 Å². The molecule has 0 saturated carbocycles. The van der Waals surface area contributed by atoms with Crippen molar-refractivity contribution in [3.63, 3.8) is 0 Å². The Hall–Kier alpha value is -2.72. The van der Waals surface area contributed by atoms with Gasteiger partial charge in [0.05, 0.1) is 0 Å². The lowest BCUT2D eigenvalue weighted by atomic mass is 9.87. The molecule has 1 fully saturated rings. The third-order valence-electron chi connectivity index (χ3n) is 6.53. The number of amides is 1. The second-order valence-corrected chi connectivity index (χ2v) is 8.23. The molecule has 0 bridgehead atoms. The maximum atomic E-state index is 13.3.